The lowest BCUT2D eigenvalue weighted by Crippen LogP contribution is -2.37. The van der Waals surface area contributed by atoms with Crippen LogP contribution in [0, 0.1) is 0 Å². The quantitative estimate of drug-likeness (QED) is 0.657. The fourth-order valence-electron chi connectivity index (χ4n) is 3.80. The molecule has 2 atom stereocenters. The van der Waals surface area contributed by atoms with Gasteiger partial charge in [-0.1, -0.05) is 28.1 Å². The van der Waals surface area contributed by atoms with Gasteiger partial charge in [0, 0.05) is 27.1 Å². The number of rotatable bonds is 1. The number of fused-ring (bicyclic) bond motifs is 4. The predicted molar refractivity (Wildman–Crippen MR) is 96.7 cm³/mol. The molecular formula is C19H17BrN2O2. The standard InChI is InChI=1S/C19H17BrN2O2/c1-10-6-14-13-4-3-12(20)8-15(13)22-19(14)18(21-10)11-2-5-16-17(7-11)24-9-23-16/h2-5,7-8,10,18,21-22H,6,9H2,1H3/t10-,18+/m0/s1. The minimum absolute atomic E-state index is 0.129. The Bertz CT molecular complexity index is 950. The van der Waals surface area contributed by atoms with E-state index in [4.69, 9.17) is 9.47 Å². The van der Waals surface area contributed by atoms with Crippen LogP contribution in [-0.4, -0.2) is 17.8 Å². The van der Waals surface area contributed by atoms with Gasteiger partial charge in [-0.2, -0.15) is 0 Å². The van der Waals surface area contributed by atoms with E-state index < -0.39 is 0 Å². The fourth-order valence-corrected chi connectivity index (χ4v) is 4.16. The van der Waals surface area contributed by atoms with E-state index in [2.05, 4.69) is 63.5 Å². The number of hydrogen-bond acceptors (Lipinski definition) is 3. The van der Waals surface area contributed by atoms with Gasteiger partial charge in [0.1, 0.15) is 0 Å². The molecule has 3 aromatic rings. The molecule has 3 heterocycles. The normalized spacial score (nSPS) is 21.9. The Kier molecular flexibility index (Phi) is 3.15. The lowest BCUT2D eigenvalue weighted by Gasteiger charge is -2.29. The van der Waals surface area contributed by atoms with Crippen molar-refractivity contribution in [3.8, 4) is 11.5 Å². The van der Waals surface area contributed by atoms with Crippen molar-refractivity contribution >= 4 is 26.8 Å². The van der Waals surface area contributed by atoms with Crippen LogP contribution in [0.5, 0.6) is 11.5 Å². The monoisotopic (exact) mass is 384 g/mol. The first kappa shape index (κ1) is 14.4. The van der Waals surface area contributed by atoms with Crippen LogP contribution < -0.4 is 14.8 Å². The number of H-pyrrole nitrogens is 1. The summed E-state index contributed by atoms with van der Waals surface area (Å²) in [6.45, 7) is 2.54. The zero-order valence-electron chi connectivity index (χ0n) is 13.2. The molecule has 0 radical (unpaired) electrons. The summed E-state index contributed by atoms with van der Waals surface area (Å²) in [5.41, 5.74) is 5.03. The molecule has 4 nitrogen and oxygen atoms in total. The summed E-state index contributed by atoms with van der Waals surface area (Å²) in [6, 6.07) is 13.2. The summed E-state index contributed by atoms with van der Waals surface area (Å²) >= 11 is 3.57. The average molecular weight is 385 g/mol. The molecular weight excluding hydrogens is 368 g/mol. The van der Waals surface area contributed by atoms with Gasteiger partial charge in [-0.15, -0.1) is 0 Å². The summed E-state index contributed by atoms with van der Waals surface area (Å²) < 4.78 is 12.1. The highest BCUT2D eigenvalue weighted by molar-refractivity contribution is 9.10. The first-order valence-electron chi connectivity index (χ1n) is 8.14. The summed E-state index contributed by atoms with van der Waals surface area (Å²) in [6.07, 6.45) is 1.03. The van der Waals surface area contributed by atoms with Gasteiger partial charge in [0.2, 0.25) is 6.79 Å². The maximum atomic E-state index is 5.55. The molecule has 1 aromatic heterocycles. The second kappa shape index (κ2) is 5.26. The maximum Gasteiger partial charge on any atom is 0.231 e. The van der Waals surface area contributed by atoms with Gasteiger partial charge < -0.3 is 19.8 Å². The average Bonchev–Trinajstić information content (AvgIpc) is 3.17. The van der Waals surface area contributed by atoms with Crippen LogP contribution in [0.4, 0.5) is 0 Å². The molecule has 0 amide bonds. The van der Waals surface area contributed by atoms with Crippen LogP contribution in [0.15, 0.2) is 40.9 Å². The van der Waals surface area contributed by atoms with Crippen LogP contribution in [0.2, 0.25) is 0 Å². The summed E-state index contributed by atoms with van der Waals surface area (Å²) in [5, 5.41) is 5.03. The summed E-state index contributed by atoms with van der Waals surface area (Å²) in [4.78, 5) is 3.63. The van der Waals surface area contributed by atoms with Gasteiger partial charge in [0.05, 0.1) is 6.04 Å². The van der Waals surface area contributed by atoms with E-state index in [9.17, 15) is 0 Å². The van der Waals surface area contributed by atoms with Gasteiger partial charge in [-0.3, -0.25) is 0 Å². The Balaban J connectivity index is 1.67. The van der Waals surface area contributed by atoms with Crippen LogP contribution in [0.1, 0.15) is 29.8 Å². The maximum absolute atomic E-state index is 5.55. The second-order valence-corrected chi connectivity index (χ2v) is 7.44. The minimum Gasteiger partial charge on any atom is -0.454 e. The van der Waals surface area contributed by atoms with Gasteiger partial charge in [0.15, 0.2) is 11.5 Å². The predicted octanol–water partition coefficient (Wildman–Crippen LogP) is 4.28. The van der Waals surface area contributed by atoms with Gasteiger partial charge in [-0.25, -0.2) is 0 Å². The summed E-state index contributed by atoms with van der Waals surface area (Å²) in [7, 11) is 0. The highest BCUT2D eigenvalue weighted by Gasteiger charge is 2.29. The molecule has 2 aliphatic heterocycles. The van der Waals surface area contributed by atoms with Crippen molar-refractivity contribution in [2.45, 2.75) is 25.4 Å². The number of aromatic amines is 1. The third-order valence-corrected chi connectivity index (χ3v) is 5.37. The molecule has 5 rings (SSSR count). The second-order valence-electron chi connectivity index (χ2n) is 6.52. The lowest BCUT2D eigenvalue weighted by molar-refractivity contribution is 0.174. The Hall–Kier alpha value is -1.98. The van der Waals surface area contributed by atoms with E-state index in [1.54, 1.807) is 0 Å². The number of hydrogen-bond donors (Lipinski definition) is 2. The highest BCUT2D eigenvalue weighted by Crippen LogP contribution is 2.39. The topological polar surface area (TPSA) is 46.3 Å². The number of benzene rings is 2. The van der Waals surface area contributed by atoms with E-state index in [-0.39, 0.29) is 6.04 Å². The molecule has 2 aliphatic rings. The molecule has 0 saturated heterocycles. The smallest absolute Gasteiger partial charge is 0.231 e. The zero-order chi connectivity index (χ0) is 16.3. The van der Waals surface area contributed by atoms with Crippen LogP contribution >= 0.6 is 15.9 Å². The van der Waals surface area contributed by atoms with Crippen LogP contribution in [0.3, 0.4) is 0 Å². The third-order valence-electron chi connectivity index (χ3n) is 4.88. The minimum atomic E-state index is 0.129. The molecule has 0 saturated carbocycles. The molecule has 24 heavy (non-hydrogen) atoms. The first-order valence-corrected chi connectivity index (χ1v) is 8.94. The largest absolute Gasteiger partial charge is 0.454 e. The van der Waals surface area contributed by atoms with Crippen LogP contribution in [-0.2, 0) is 6.42 Å². The molecule has 0 fully saturated rings. The van der Waals surface area contributed by atoms with Gasteiger partial charge in [-0.05, 0) is 48.7 Å². The molecule has 0 aliphatic carbocycles. The molecule has 0 bridgehead atoms. The number of nitrogens with one attached hydrogen (secondary N) is 2. The van der Waals surface area contributed by atoms with Crippen molar-refractivity contribution in [1.82, 2.24) is 10.3 Å². The van der Waals surface area contributed by atoms with Crippen LogP contribution in [0.25, 0.3) is 10.9 Å². The Morgan fingerprint density at radius 1 is 1.08 bits per heavy atom. The van der Waals surface area contributed by atoms with E-state index >= 15 is 0 Å². The molecule has 122 valence electrons. The van der Waals surface area contributed by atoms with Gasteiger partial charge >= 0.3 is 0 Å². The molecule has 2 aromatic carbocycles. The zero-order valence-corrected chi connectivity index (χ0v) is 14.8. The van der Waals surface area contributed by atoms with Crippen molar-refractivity contribution in [3.05, 3.63) is 57.7 Å². The highest BCUT2D eigenvalue weighted by atomic mass is 79.9. The van der Waals surface area contributed by atoms with E-state index in [0.29, 0.717) is 12.8 Å². The Morgan fingerprint density at radius 2 is 1.96 bits per heavy atom. The first-order chi connectivity index (χ1) is 11.7. The summed E-state index contributed by atoms with van der Waals surface area (Å²) in [5.74, 6) is 1.65. The molecule has 0 spiro atoms. The molecule has 2 N–H and O–H groups in total. The van der Waals surface area contributed by atoms with Gasteiger partial charge in [0.25, 0.3) is 0 Å². The van der Waals surface area contributed by atoms with E-state index in [1.165, 1.54) is 27.7 Å². The Morgan fingerprint density at radius 3 is 2.88 bits per heavy atom. The van der Waals surface area contributed by atoms with Crippen molar-refractivity contribution in [1.29, 1.82) is 0 Å². The Labute approximate surface area is 148 Å². The molecule has 0 unspecified atom stereocenters. The third kappa shape index (κ3) is 2.15. The SMILES string of the molecule is C[C@H]1Cc2c([nH]c3cc(Br)ccc23)[C@@H](c2ccc3c(c2)OCO3)N1. The number of aromatic nitrogens is 1. The van der Waals surface area contributed by atoms with E-state index in [1.807, 2.05) is 6.07 Å². The number of halogens is 1. The van der Waals surface area contributed by atoms with Crippen molar-refractivity contribution in [2.24, 2.45) is 0 Å². The van der Waals surface area contributed by atoms with Crippen molar-refractivity contribution in [3.63, 3.8) is 0 Å². The fraction of sp³-hybridized carbons (Fsp3) is 0.263. The molecule has 5 heteroatoms. The van der Waals surface area contributed by atoms with E-state index in [0.717, 1.165) is 22.4 Å². The van der Waals surface area contributed by atoms with Crippen molar-refractivity contribution < 1.29 is 9.47 Å². The van der Waals surface area contributed by atoms with Crippen molar-refractivity contribution in [2.75, 3.05) is 6.79 Å². The lowest BCUT2D eigenvalue weighted by atomic mass is 9.91. The number of ether oxygens (including phenoxy) is 2.